The Bertz CT molecular complexity index is 640. The molecule has 0 aliphatic heterocycles. The van der Waals surface area contributed by atoms with Crippen molar-refractivity contribution in [2.45, 2.75) is 20.5 Å². The Morgan fingerprint density at radius 3 is 2.76 bits per heavy atom. The number of carbonyl (C=O) groups excluding carboxylic acids is 1. The van der Waals surface area contributed by atoms with Crippen molar-refractivity contribution in [2.24, 2.45) is 0 Å². The van der Waals surface area contributed by atoms with Crippen LogP contribution in [0.1, 0.15) is 23.2 Å². The molecule has 0 bridgehead atoms. The Labute approximate surface area is 119 Å². The van der Waals surface area contributed by atoms with Gasteiger partial charge in [0.15, 0.2) is 0 Å². The van der Waals surface area contributed by atoms with Gasteiger partial charge < -0.3 is 13.9 Å². The molecule has 0 saturated carbocycles. The van der Waals surface area contributed by atoms with Crippen LogP contribution >= 0.6 is 0 Å². The van der Waals surface area contributed by atoms with Gasteiger partial charge in [0.25, 0.3) is 0 Å². The molecule has 0 aliphatic rings. The molecule has 0 fully saturated rings. The van der Waals surface area contributed by atoms with Gasteiger partial charge in [0.05, 0.1) is 17.9 Å². The molecular weight excluding hydrogens is 284 g/mol. The van der Waals surface area contributed by atoms with Gasteiger partial charge in [0.2, 0.25) is 11.7 Å². The van der Waals surface area contributed by atoms with E-state index < -0.39 is 12.6 Å². The molecule has 0 saturated heterocycles. The molecule has 0 unspecified atom stereocenters. The van der Waals surface area contributed by atoms with E-state index in [2.05, 4.69) is 9.72 Å². The van der Waals surface area contributed by atoms with E-state index in [9.17, 15) is 13.6 Å². The number of alkyl halides is 2. The zero-order valence-corrected chi connectivity index (χ0v) is 11.4. The second-order valence-corrected chi connectivity index (χ2v) is 4.03. The van der Waals surface area contributed by atoms with Gasteiger partial charge in [-0.1, -0.05) is 12.1 Å². The molecule has 7 heteroatoms. The number of aryl methyl sites for hydroxylation is 1. The van der Waals surface area contributed by atoms with Crippen LogP contribution in [-0.4, -0.2) is 24.2 Å². The normalized spacial score (nSPS) is 10.7. The Hall–Kier alpha value is -2.44. The van der Waals surface area contributed by atoms with Gasteiger partial charge in [-0.25, -0.2) is 9.78 Å². The number of carbonyl (C=O) groups is 1. The average molecular weight is 297 g/mol. The molecule has 112 valence electrons. The standard InChI is InChI=1S/C14H13F2NO4/c1-3-19-13(18)11-8(2)17-12(21-11)9-6-4-5-7-10(9)20-14(15)16/h4-7,14H,3H2,1-2H3. The summed E-state index contributed by atoms with van der Waals surface area (Å²) in [5.41, 5.74) is 0.548. The topological polar surface area (TPSA) is 61.6 Å². The van der Waals surface area contributed by atoms with Crippen LogP contribution in [0.4, 0.5) is 8.78 Å². The maximum atomic E-state index is 12.4. The fourth-order valence-corrected chi connectivity index (χ4v) is 1.74. The minimum Gasteiger partial charge on any atom is -0.460 e. The van der Waals surface area contributed by atoms with E-state index in [1.165, 1.54) is 12.1 Å². The lowest BCUT2D eigenvalue weighted by molar-refractivity contribution is -0.0495. The largest absolute Gasteiger partial charge is 0.460 e. The Morgan fingerprint density at radius 2 is 2.10 bits per heavy atom. The molecule has 0 atom stereocenters. The summed E-state index contributed by atoms with van der Waals surface area (Å²) in [6, 6.07) is 6.05. The Morgan fingerprint density at radius 1 is 1.38 bits per heavy atom. The summed E-state index contributed by atoms with van der Waals surface area (Å²) in [7, 11) is 0. The van der Waals surface area contributed by atoms with E-state index in [-0.39, 0.29) is 29.6 Å². The van der Waals surface area contributed by atoms with Crippen molar-refractivity contribution in [2.75, 3.05) is 6.61 Å². The van der Waals surface area contributed by atoms with Gasteiger partial charge in [-0.05, 0) is 26.0 Å². The summed E-state index contributed by atoms with van der Waals surface area (Å²) in [4.78, 5) is 15.7. The van der Waals surface area contributed by atoms with Crippen LogP contribution in [0.5, 0.6) is 5.75 Å². The lowest BCUT2D eigenvalue weighted by atomic mass is 10.2. The minimum atomic E-state index is -2.97. The van der Waals surface area contributed by atoms with Gasteiger partial charge >= 0.3 is 12.6 Å². The number of nitrogens with zero attached hydrogens (tertiary/aromatic N) is 1. The summed E-state index contributed by atoms with van der Waals surface area (Å²) >= 11 is 0. The number of hydrogen-bond donors (Lipinski definition) is 0. The molecule has 0 aliphatic carbocycles. The predicted octanol–water partition coefficient (Wildman–Crippen LogP) is 3.43. The molecule has 2 rings (SSSR count). The molecule has 0 spiro atoms. The van der Waals surface area contributed by atoms with Crippen molar-refractivity contribution in [3.63, 3.8) is 0 Å². The SMILES string of the molecule is CCOC(=O)c1oc(-c2ccccc2OC(F)F)nc1C. The van der Waals surface area contributed by atoms with E-state index in [4.69, 9.17) is 9.15 Å². The van der Waals surface area contributed by atoms with Crippen LogP contribution in [0.2, 0.25) is 0 Å². The number of oxazole rings is 1. The monoisotopic (exact) mass is 297 g/mol. The minimum absolute atomic E-state index is 0.0202. The summed E-state index contributed by atoms with van der Waals surface area (Å²) in [6.45, 7) is 0.456. The number of hydrogen-bond acceptors (Lipinski definition) is 5. The number of ether oxygens (including phenoxy) is 2. The number of rotatable bonds is 5. The van der Waals surface area contributed by atoms with Crippen LogP contribution in [0.25, 0.3) is 11.5 Å². The zero-order valence-electron chi connectivity index (χ0n) is 11.4. The number of para-hydroxylation sites is 1. The van der Waals surface area contributed by atoms with Crippen LogP contribution in [0.3, 0.4) is 0 Å². The summed E-state index contributed by atoms with van der Waals surface area (Å²) < 4.78 is 39.3. The number of esters is 1. The van der Waals surface area contributed by atoms with Crippen LogP contribution in [0, 0.1) is 6.92 Å². The molecular formula is C14H13F2NO4. The van der Waals surface area contributed by atoms with Crippen molar-refractivity contribution in [3.8, 4) is 17.2 Å². The highest BCUT2D eigenvalue weighted by Crippen LogP contribution is 2.31. The molecule has 21 heavy (non-hydrogen) atoms. The number of benzene rings is 1. The maximum absolute atomic E-state index is 12.4. The third kappa shape index (κ3) is 3.36. The third-order valence-corrected chi connectivity index (χ3v) is 2.59. The van der Waals surface area contributed by atoms with Crippen molar-refractivity contribution in [1.29, 1.82) is 0 Å². The number of halogens is 2. The van der Waals surface area contributed by atoms with Gasteiger partial charge in [-0.3, -0.25) is 0 Å². The zero-order chi connectivity index (χ0) is 15.4. The summed E-state index contributed by atoms with van der Waals surface area (Å²) in [5.74, 6) is -0.768. The highest BCUT2D eigenvalue weighted by atomic mass is 19.3. The van der Waals surface area contributed by atoms with Crippen molar-refractivity contribution < 1.29 is 27.5 Å². The lowest BCUT2D eigenvalue weighted by Crippen LogP contribution is -2.04. The average Bonchev–Trinajstić information content (AvgIpc) is 2.81. The van der Waals surface area contributed by atoms with E-state index in [0.717, 1.165) is 0 Å². The first-order chi connectivity index (χ1) is 10.0. The quantitative estimate of drug-likeness (QED) is 0.791. The Kier molecular flexibility index (Phi) is 4.52. The maximum Gasteiger partial charge on any atom is 0.387 e. The summed E-state index contributed by atoms with van der Waals surface area (Å²) in [6.07, 6.45) is 0. The van der Waals surface area contributed by atoms with Crippen molar-refractivity contribution >= 4 is 5.97 Å². The fraction of sp³-hybridized carbons (Fsp3) is 0.286. The second-order valence-electron chi connectivity index (χ2n) is 4.03. The Balaban J connectivity index is 2.39. The number of aromatic nitrogens is 1. The van der Waals surface area contributed by atoms with E-state index in [1.807, 2.05) is 0 Å². The first-order valence-electron chi connectivity index (χ1n) is 6.21. The van der Waals surface area contributed by atoms with Gasteiger partial charge in [0.1, 0.15) is 5.75 Å². The van der Waals surface area contributed by atoms with E-state index in [0.29, 0.717) is 5.69 Å². The third-order valence-electron chi connectivity index (χ3n) is 2.59. The molecule has 2 aromatic rings. The smallest absolute Gasteiger partial charge is 0.387 e. The predicted molar refractivity (Wildman–Crippen MR) is 69.3 cm³/mol. The lowest BCUT2D eigenvalue weighted by Gasteiger charge is -2.07. The van der Waals surface area contributed by atoms with Gasteiger partial charge in [0, 0.05) is 0 Å². The molecule has 1 aromatic carbocycles. The molecule has 0 amide bonds. The fourth-order valence-electron chi connectivity index (χ4n) is 1.74. The first-order valence-corrected chi connectivity index (χ1v) is 6.21. The highest BCUT2D eigenvalue weighted by molar-refractivity contribution is 5.88. The van der Waals surface area contributed by atoms with Crippen LogP contribution in [0.15, 0.2) is 28.7 Å². The molecule has 0 radical (unpaired) electrons. The molecule has 5 nitrogen and oxygen atoms in total. The van der Waals surface area contributed by atoms with E-state index >= 15 is 0 Å². The second kappa shape index (κ2) is 6.34. The molecule has 0 N–H and O–H groups in total. The van der Waals surface area contributed by atoms with Crippen molar-refractivity contribution in [1.82, 2.24) is 4.98 Å². The van der Waals surface area contributed by atoms with Crippen LogP contribution in [-0.2, 0) is 4.74 Å². The van der Waals surface area contributed by atoms with Crippen molar-refractivity contribution in [3.05, 3.63) is 35.7 Å². The molecule has 1 heterocycles. The molecule has 1 aromatic heterocycles. The van der Waals surface area contributed by atoms with Crippen LogP contribution < -0.4 is 4.74 Å². The highest BCUT2D eigenvalue weighted by Gasteiger charge is 2.21. The van der Waals surface area contributed by atoms with Gasteiger partial charge in [-0.15, -0.1) is 0 Å². The first kappa shape index (κ1) is 15.0. The van der Waals surface area contributed by atoms with E-state index in [1.54, 1.807) is 26.0 Å². The summed E-state index contributed by atoms with van der Waals surface area (Å²) in [5, 5.41) is 0. The van der Waals surface area contributed by atoms with Gasteiger partial charge in [-0.2, -0.15) is 8.78 Å².